The van der Waals surface area contributed by atoms with E-state index in [2.05, 4.69) is 27.3 Å². The van der Waals surface area contributed by atoms with Crippen LogP contribution >= 0.6 is 0 Å². The number of pyridine rings is 1. The van der Waals surface area contributed by atoms with Crippen molar-refractivity contribution in [2.24, 2.45) is 0 Å². The molecular formula is C9H13N3+. The van der Waals surface area contributed by atoms with E-state index >= 15 is 0 Å². The van der Waals surface area contributed by atoms with Gasteiger partial charge in [-0.15, -0.1) is 4.90 Å². The molecule has 0 amide bonds. The maximum atomic E-state index is 4.00. The van der Waals surface area contributed by atoms with E-state index in [1.807, 2.05) is 12.4 Å². The van der Waals surface area contributed by atoms with Gasteiger partial charge in [0.25, 0.3) is 0 Å². The minimum Gasteiger partial charge on any atom is -0.306 e. The van der Waals surface area contributed by atoms with Crippen molar-refractivity contribution in [3.63, 3.8) is 0 Å². The zero-order chi connectivity index (χ0) is 8.23. The van der Waals surface area contributed by atoms with Crippen molar-refractivity contribution < 1.29 is 0 Å². The van der Waals surface area contributed by atoms with Crippen molar-refractivity contribution in [1.29, 1.82) is 0 Å². The second kappa shape index (κ2) is 3.65. The summed E-state index contributed by atoms with van der Waals surface area (Å²) >= 11 is 0. The van der Waals surface area contributed by atoms with Gasteiger partial charge in [0.15, 0.2) is 5.69 Å². The van der Waals surface area contributed by atoms with Gasteiger partial charge in [-0.05, 0) is 0 Å². The first-order valence-corrected chi connectivity index (χ1v) is 4.32. The van der Waals surface area contributed by atoms with Crippen LogP contribution in [0.3, 0.4) is 0 Å². The Morgan fingerprint density at radius 2 is 1.83 bits per heavy atom. The van der Waals surface area contributed by atoms with Gasteiger partial charge < -0.3 is 5.32 Å². The number of nitrogens with one attached hydrogen (secondary N) is 1. The first-order valence-electron chi connectivity index (χ1n) is 4.32. The van der Waals surface area contributed by atoms with Gasteiger partial charge in [-0.3, -0.25) is 4.98 Å². The molecule has 2 heterocycles. The Kier molecular flexibility index (Phi) is 2.34. The fourth-order valence-electron chi connectivity index (χ4n) is 1.48. The van der Waals surface area contributed by atoms with Gasteiger partial charge in [0.05, 0.1) is 13.1 Å². The van der Waals surface area contributed by atoms with Crippen molar-refractivity contribution in [1.82, 2.24) is 15.2 Å². The number of aromatic nitrogens is 1. The topological polar surface area (TPSA) is 30.8 Å². The molecule has 63 valence electrons. The van der Waals surface area contributed by atoms with Crippen LogP contribution in [0.2, 0.25) is 0 Å². The molecule has 0 atom stereocenters. The van der Waals surface area contributed by atoms with Gasteiger partial charge in [0, 0.05) is 24.5 Å². The number of nitrogens with zero attached hydrogens (tertiary/aromatic N) is 2. The fourth-order valence-corrected chi connectivity index (χ4v) is 1.48. The third-order valence-corrected chi connectivity index (χ3v) is 2.14. The summed E-state index contributed by atoms with van der Waals surface area (Å²) in [5.74, 6) is 0. The summed E-state index contributed by atoms with van der Waals surface area (Å²) in [6, 6.07) is 4.12. The van der Waals surface area contributed by atoms with Crippen molar-refractivity contribution in [2.75, 3.05) is 26.2 Å². The maximum absolute atomic E-state index is 4.00. The average molecular weight is 163 g/mol. The minimum atomic E-state index is 1.09. The summed E-state index contributed by atoms with van der Waals surface area (Å²) in [6.07, 6.45) is 3.69. The molecule has 0 saturated carbocycles. The van der Waals surface area contributed by atoms with Crippen molar-refractivity contribution in [2.45, 2.75) is 0 Å². The largest absolute Gasteiger partial charge is 0.306 e. The zero-order valence-electron chi connectivity index (χ0n) is 7.03. The first-order chi connectivity index (χ1) is 5.97. The van der Waals surface area contributed by atoms with Crippen LogP contribution in [0.1, 0.15) is 0 Å². The highest BCUT2D eigenvalue weighted by Gasteiger charge is 2.20. The highest BCUT2D eigenvalue weighted by Crippen LogP contribution is 2.10. The second-order valence-electron chi connectivity index (χ2n) is 2.94. The van der Waals surface area contributed by atoms with Gasteiger partial charge >= 0.3 is 0 Å². The zero-order valence-corrected chi connectivity index (χ0v) is 7.03. The smallest absolute Gasteiger partial charge is 0.183 e. The Morgan fingerprint density at radius 1 is 1.17 bits per heavy atom. The highest BCUT2D eigenvalue weighted by atomic mass is 15.2. The Hall–Kier alpha value is -0.930. The molecule has 3 heteroatoms. The Bertz CT molecular complexity index is 229. The van der Waals surface area contributed by atoms with Crippen LogP contribution in [0, 0.1) is 0 Å². The van der Waals surface area contributed by atoms with Gasteiger partial charge in [-0.2, -0.15) is 0 Å². The predicted octanol–water partition coefficient (Wildman–Crippen LogP) is 0.456. The standard InChI is InChI=1S/C9H13N3/c1-3-10-4-2-9(1)12-7-5-11-6-8-12/h1-4,11H,5-8H2/q+1. The summed E-state index contributed by atoms with van der Waals surface area (Å²) in [5, 5.41) is 3.33. The van der Waals surface area contributed by atoms with Crippen LogP contribution in [-0.4, -0.2) is 31.2 Å². The summed E-state index contributed by atoms with van der Waals surface area (Å²) in [5.41, 5.74) is 1.28. The highest BCUT2D eigenvalue weighted by molar-refractivity contribution is 5.36. The van der Waals surface area contributed by atoms with Crippen molar-refractivity contribution in [3.05, 3.63) is 24.5 Å². The Balaban J connectivity index is 2.08. The molecule has 1 N–H and O–H groups in total. The van der Waals surface area contributed by atoms with Crippen LogP contribution in [0.4, 0.5) is 5.69 Å². The Morgan fingerprint density at radius 3 is 2.50 bits per heavy atom. The number of hydrogen-bond acceptors (Lipinski definition) is 3. The predicted molar refractivity (Wildman–Crippen MR) is 48.6 cm³/mol. The van der Waals surface area contributed by atoms with E-state index in [-0.39, 0.29) is 0 Å². The van der Waals surface area contributed by atoms with E-state index in [0.29, 0.717) is 0 Å². The molecule has 0 spiro atoms. The maximum Gasteiger partial charge on any atom is 0.183 e. The molecular weight excluding hydrogens is 150 g/mol. The molecule has 12 heavy (non-hydrogen) atoms. The monoisotopic (exact) mass is 163 g/mol. The number of hydrogen-bond donors (Lipinski definition) is 1. The molecule has 0 aromatic carbocycles. The molecule has 1 aliphatic rings. The molecule has 2 rings (SSSR count). The van der Waals surface area contributed by atoms with Crippen LogP contribution in [0.5, 0.6) is 0 Å². The molecule has 0 bridgehead atoms. The van der Waals surface area contributed by atoms with E-state index in [1.54, 1.807) is 0 Å². The summed E-state index contributed by atoms with van der Waals surface area (Å²) in [7, 11) is 0. The van der Waals surface area contributed by atoms with Crippen LogP contribution in [0.25, 0.3) is 0 Å². The summed E-state index contributed by atoms with van der Waals surface area (Å²) < 4.78 is 0. The summed E-state index contributed by atoms with van der Waals surface area (Å²) in [4.78, 5) is 6.37. The average Bonchev–Trinajstić information content (AvgIpc) is 2.21. The quantitative estimate of drug-likeness (QED) is 0.610. The van der Waals surface area contributed by atoms with E-state index in [4.69, 9.17) is 0 Å². The number of anilines is 1. The van der Waals surface area contributed by atoms with Gasteiger partial charge in [-0.25, -0.2) is 0 Å². The molecule has 1 radical (unpaired) electrons. The lowest BCUT2D eigenvalue weighted by molar-refractivity contribution is 0.439. The molecule has 1 aromatic rings. The second-order valence-corrected chi connectivity index (χ2v) is 2.94. The molecule has 1 aliphatic heterocycles. The van der Waals surface area contributed by atoms with Crippen molar-refractivity contribution >= 4 is 5.69 Å². The van der Waals surface area contributed by atoms with E-state index in [1.165, 1.54) is 5.69 Å². The van der Waals surface area contributed by atoms with Gasteiger partial charge in [-0.1, -0.05) is 0 Å². The Labute approximate surface area is 72.4 Å². The lowest BCUT2D eigenvalue weighted by Gasteiger charge is -2.16. The van der Waals surface area contributed by atoms with Gasteiger partial charge in [0.1, 0.15) is 13.1 Å². The number of rotatable bonds is 1. The van der Waals surface area contributed by atoms with Crippen LogP contribution < -0.4 is 10.2 Å². The third-order valence-electron chi connectivity index (χ3n) is 2.14. The SMILES string of the molecule is c1cc([N+]2CCNCC2)ccn1. The van der Waals surface area contributed by atoms with Gasteiger partial charge in [0.2, 0.25) is 0 Å². The third kappa shape index (κ3) is 1.62. The molecule has 0 aliphatic carbocycles. The fraction of sp³-hybridized carbons (Fsp3) is 0.444. The van der Waals surface area contributed by atoms with E-state index in [9.17, 15) is 0 Å². The van der Waals surface area contributed by atoms with E-state index in [0.717, 1.165) is 26.2 Å². The van der Waals surface area contributed by atoms with Crippen LogP contribution in [-0.2, 0) is 0 Å². The first kappa shape index (κ1) is 7.71. The minimum absolute atomic E-state index is 1.09. The molecule has 3 nitrogen and oxygen atoms in total. The number of piperazine rings is 1. The van der Waals surface area contributed by atoms with Crippen molar-refractivity contribution in [3.8, 4) is 0 Å². The lowest BCUT2D eigenvalue weighted by Crippen LogP contribution is -2.44. The molecule has 1 aromatic heterocycles. The molecule has 0 unspecified atom stereocenters. The summed E-state index contributed by atoms with van der Waals surface area (Å²) in [6.45, 7) is 4.37. The van der Waals surface area contributed by atoms with Crippen LogP contribution in [0.15, 0.2) is 24.5 Å². The lowest BCUT2D eigenvalue weighted by atomic mass is 10.3. The molecule has 1 fully saturated rings. The molecule has 1 saturated heterocycles. The normalized spacial score (nSPS) is 19.3. The van der Waals surface area contributed by atoms with E-state index < -0.39 is 0 Å².